The number of nitrogens with zero attached hydrogens (tertiary/aromatic N) is 3. The summed E-state index contributed by atoms with van der Waals surface area (Å²) >= 11 is 0. The second kappa shape index (κ2) is 9.54. The van der Waals surface area contributed by atoms with Crippen LogP contribution < -0.4 is 10.1 Å². The van der Waals surface area contributed by atoms with Crippen molar-refractivity contribution in [3.8, 4) is 17.0 Å². The number of anilines is 2. The maximum absolute atomic E-state index is 5.98. The van der Waals surface area contributed by atoms with Gasteiger partial charge in [-0.05, 0) is 48.5 Å². The van der Waals surface area contributed by atoms with Gasteiger partial charge in [-0.2, -0.15) is 5.10 Å². The van der Waals surface area contributed by atoms with Crippen LogP contribution in [0.1, 0.15) is 0 Å². The van der Waals surface area contributed by atoms with Crippen LogP contribution in [0, 0.1) is 0 Å². The molecule has 1 N–H and O–H groups in total. The van der Waals surface area contributed by atoms with E-state index < -0.39 is 8.07 Å². The number of rotatable bonds is 9. The number of nitrogens with one attached hydrogen (secondary N) is 1. The van der Waals surface area contributed by atoms with Crippen LogP contribution in [-0.2, 0) is 11.5 Å². The van der Waals surface area contributed by atoms with Crippen molar-refractivity contribution < 1.29 is 9.47 Å². The lowest BCUT2D eigenvalue weighted by atomic mass is 10.1. The summed E-state index contributed by atoms with van der Waals surface area (Å²) in [6, 6.07) is 21.2. The van der Waals surface area contributed by atoms with Gasteiger partial charge < -0.3 is 14.8 Å². The van der Waals surface area contributed by atoms with Crippen LogP contribution in [-0.4, -0.2) is 36.6 Å². The Bertz CT molecular complexity index is 1170. The van der Waals surface area contributed by atoms with Gasteiger partial charge in [0.2, 0.25) is 0 Å². The molecule has 0 radical (unpaired) electrons. The highest BCUT2D eigenvalue weighted by Gasteiger charge is 2.16. The van der Waals surface area contributed by atoms with E-state index in [9.17, 15) is 0 Å². The summed E-state index contributed by atoms with van der Waals surface area (Å²) in [5, 5.41) is 9.27. The summed E-state index contributed by atoms with van der Waals surface area (Å²) in [5.74, 6) is 0.816. The van der Waals surface area contributed by atoms with Crippen molar-refractivity contribution >= 4 is 30.5 Å². The SMILES string of the molecule is COc1ccc(-c2nn(COCC[Si](C)(C)C)c3ncc(Nc4ccccc4)cc23)cc1. The number of aromatic nitrogens is 3. The Balaban J connectivity index is 1.67. The number of benzene rings is 2. The second-order valence-electron chi connectivity index (χ2n) is 9.01. The van der Waals surface area contributed by atoms with Crippen LogP contribution >= 0.6 is 0 Å². The zero-order valence-corrected chi connectivity index (χ0v) is 20.1. The lowest BCUT2D eigenvalue weighted by Crippen LogP contribution is -2.22. The highest BCUT2D eigenvalue weighted by molar-refractivity contribution is 6.76. The minimum absolute atomic E-state index is 0.385. The standard InChI is InChI=1S/C25H30N4O2Si/c1-30-22-12-10-19(11-13-22)24-23-16-21(27-20-8-6-5-7-9-20)17-26-25(23)29(28-24)18-31-14-15-32(2,3)4/h5-13,16-17,27H,14-15,18H2,1-4H3. The van der Waals surface area contributed by atoms with Gasteiger partial charge in [-0.3, -0.25) is 0 Å². The normalized spacial score (nSPS) is 11.6. The maximum Gasteiger partial charge on any atom is 0.160 e. The number of fused-ring (bicyclic) bond motifs is 1. The van der Waals surface area contributed by atoms with Crippen LogP contribution in [0.2, 0.25) is 25.7 Å². The van der Waals surface area contributed by atoms with Crippen LogP contribution in [0.15, 0.2) is 66.9 Å². The van der Waals surface area contributed by atoms with Crippen LogP contribution in [0.4, 0.5) is 11.4 Å². The fraction of sp³-hybridized carbons (Fsp3) is 0.280. The fourth-order valence-electron chi connectivity index (χ4n) is 3.40. The first-order chi connectivity index (χ1) is 15.4. The van der Waals surface area contributed by atoms with Gasteiger partial charge in [0.25, 0.3) is 0 Å². The molecule has 0 aliphatic carbocycles. The summed E-state index contributed by atoms with van der Waals surface area (Å²) in [7, 11) is 0.528. The molecule has 7 heteroatoms. The number of hydrogen-bond donors (Lipinski definition) is 1. The number of pyridine rings is 1. The Morgan fingerprint density at radius 1 is 0.969 bits per heavy atom. The molecule has 0 amide bonds. The van der Waals surface area contributed by atoms with Crippen molar-refractivity contribution in [2.45, 2.75) is 32.4 Å². The summed E-state index contributed by atoms with van der Waals surface area (Å²) in [4.78, 5) is 4.73. The second-order valence-corrected chi connectivity index (χ2v) is 14.6. The molecule has 32 heavy (non-hydrogen) atoms. The van der Waals surface area contributed by atoms with Gasteiger partial charge in [-0.25, -0.2) is 9.67 Å². The number of ether oxygens (including phenoxy) is 2. The van der Waals surface area contributed by atoms with E-state index in [4.69, 9.17) is 19.6 Å². The van der Waals surface area contributed by atoms with E-state index in [1.165, 1.54) is 0 Å². The molecule has 0 aliphatic heterocycles. The molecule has 4 rings (SSSR count). The summed E-state index contributed by atoms with van der Waals surface area (Å²) in [6.45, 7) is 8.18. The molecule has 0 spiro atoms. The molecule has 0 unspecified atom stereocenters. The molecule has 0 fully saturated rings. The molecule has 0 saturated heterocycles. The zero-order chi connectivity index (χ0) is 22.6. The molecule has 0 aliphatic rings. The van der Waals surface area contributed by atoms with E-state index in [1.54, 1.807) is 7.11 Å². The maximum atomic E-state index is 5.98. The molecule has 2 aromatic carbocycles. The van der Waals surface area contributed by atoms with Gasteiger partial charge in [0.05, 0.1) is 19.0 Å². The predicted molar refractivity (Wildman–Crippen MR) is 133 cm³/mol. The van der Waals surface area contributed by atoms with Crippen molar-refractivity contribution in [1.82, 2.24) is 14.8 Å². The Morgan fingerprint density at radius 3 is 2.41 bits per heavy atom. The fourth-order valence-corrected chi connectivity index (χ4v) is 4.15. The predicted octanol–water partition coefficient (Wildman–Crippen LogP) is 6.16. The van der Waals surface area contributed by atoms with Gasteiger partial charge in [0.15, 0.2) is 5.65 Å². The van der Waals surface area contributed by atoms with Crippen molar-refractivity contribution in [3.63, 3.8) is 0 Å². The van der Waals surface area contributed by atoms with Crippen molar-refractivity contribution in [1.29, 1.82) is 0 Å². The van der Waals surface area contributed by atoms with E-state index in [1.807, 2.05) is 65.5 Å². The highest BCUT2D eigenvalue weighted by Crippen LogP contribution is 2.31. The monoisotopic (exact) mass is 446 g/mol. The molecule has 166 valence electrons. The highest BCUT2D eigenvalue weighted by atomic mass is 28.3. The van der Waals surface area contributed by atoms with Gasteiger partial charge in [0, 0.05) is 31.3 Å². The summed E-state index contributed by atoms with van der Waals surface area (Å²) < 4.78 is 13.1. The summed E-state index contributed by atoms with van der Waals surface area (Å²) in [5.41, 5.74) is 4.62. The molecule has 0 bridgehead atoms. The molecular formula is C25H30N4O2Si. The van der Waals surface area contributed by atoms with Gasteiger partial charge in [-0.1, -0.05) is 37.8 Å². The average molecular weight is 447 g/mol. The minimum Gasteiger partial charge on any atom is -0.497 e. The molecule has 0 atom stereocenters. The number of hydrogen-bond acceptors (Lipinski definition) is 5. The smallest absolute Gasteiger partial charge is 0.160 e. The van der Waals surface area contributed by atoms with Crippen molar-refractivity contribution in [2.24, 2.45) is 0 Å². The number of para-hydroxylation sites is 1. The van der Waals surface area contributed by atoms with Gasteiger partial charge in [-0.15, -0.1) is 0 Å². The van der Waals surface area contributed by atoms with Crippen molar-refractivity contribution in [2.75, 3.05) is 19.0 Å². The first-order valence-corrected chi connectivity index (χ1v) is 14.5. The van der Waals surface area contributed by atoms with Gasteiger partial charge >= 0.3 is 0 Å². The number of methoxy groups -OCH3 is 1. The first-order valence-electron chi connectivity index (χ1n) is 10.8. The van der Waals surface area contributed by atoms with E-state index in [0.29, 0.717) is 6.73 Å². The van der Waals surface area contributed by atoms with Crippen molar-refractivity contribution in [3.05, 3.63) is 66.9 Å². The lowest BCUT2D eigenvalue weighted by Gasteiger charge is -2.15. The van der Waals surface area contributed by atoms with E-state index in [2.05, 4.69) is 31.0 Å². The topological polar surface area (TPSA) is 61.2 Å². The molecule has 4 aromatic rings. The third kappa shape index (κ3) is 5.36. The van der Waals surface area contributed by atoms with E-state index >= 15 is 0 Å². The molecule has 0 saturated carbocycles. The zero-order valence-electron chi connectivity index (χ0n) is 19.1. The molecule has 2 aromatic heterocycles. The third-order valence-corrected chi connectivity index (χ3v) is 6.93. The Kier molecular flexibility index (Phi) is 6.57. The Morgan fingerprint density at radius 2 is 1.72 bits per heavy atom. The van der Waals surface area contributed by atoms with E-state index in [0.717, 1.165) is 52.1 Å². The lowest BCUT2D eigenvalue weighted by molar-refractivity contribution is 0.0814. The Labute approximate surface area is 190 Å². The third-order valence-electron chi connectivity index (χ3n) is 5.22. The van der Waals surface area contributed by atoms with Crippen LogP contribution in [0.25, 0.3) is 22.3 Å². The van der Waals surface area contributed by atoms with Crippen LogP contribution in [0.3, 0.4) is 0 Å². The molecule has 2 heterocycles. The van der Waals surface area contributed by atoms with Crippen LogP contribution in [0.5, 0.6) is 5.75 Å². The molecule has 6 nitrogen and oxygen atoms in total. The van der Waals surface area contributed by atoms with E-state index in [-0.39, 0.29) is 0 Å². The molecular weight excluding hydrogens is 416 g/mol. The Hall–Kier alpha value is -3.16. The summed E-state index contributed by atoms with van der Waals surface area (Å²) in [6.07, 6.45) is 1.84. The first kappa shape index (κ1) is 22.0. The largest absolute Gasteiger partial charge is 0.497 e. The minimum atomic E-state index is -1.14. The average Bonchev–Trinajstić information content (AvgIpc) is 3.15. The quantitative estimate of drug-likeness (QED) is 0.246. The van der Waals surface area contributed by atoms with Gasteiger partial charge in [0.1, 0.15) is 18.2 Å².